The minimum Gasteiger partial charge on any atom is -0.334 e. The third-order valence-electron chi connectivity index (χ3n) is 4.21. The Morgan fingerprint density at radius 1 is 1.32 bits per heavy atom. The van der Waals surface area contributed by atoms with Gasteiger partial charge in [0.15, 0.2) is 0 Å². The van der Waals surface area contributed by atoms with Gasteiger partial charge >= 0.3 is 6.03 Å². The highest BCUT2D eigenvalue weighted by Gasteiger charge is 2.22. The summed E-state index contributed by atoms with van der Waals surface area (Å²) < 4.78 is 1.82. The molecule has 2 amide bonds. The number of likely N-dealkylation sites (tertiary alicyclic amines) is 1. The van der Waals surface area contributed by atoms with Gasteiger partial charge in [0.25, 0.3) is 0 Å². The molecule has 1 fully saturated rings. The van der Waals surface area contributed by atoms with Crippen molar-refractivity contribution in [3.63, 3.8) is 0 Å². The van der Waals surface area contributed by atoms with Gasteiger partial charge in [0.2, 0.25) is 0 Å². The number of nitrogens with zero attached hydrogens (tertiary/aromatic N) is 3. The van der Waals surface area contributed by atoms with Gasteiger partial charge in [0.1, 0.15) is 0 Å². The second-order valence-electron chi connectivity index (χ2n) is 5.81. The average molecular weight is 298 g/mol. The summed E-state index contributed by atoms with van der Waals surface area (Å²) >= 11 is 0. The molecule has 5 heteroatoms. The molecule has 1 atom stereocenters. The molecule has 1 aliphatic rings. The molecule has 0 radical (unpaired) electrons. The SMILES string of the molecule is CC1CCCCN1C(=O)NCc1ccc(-n2cccn2)cc1. The Hall–Kier alpha value is -2.30. The van der Waals surface area contributed by atoms with Crippen LogP contribution in [0.5, 0.6) is 0 Å². The van der Waals surface area contributed by atoms with Crippen LogP contribution < -0.4 is 5.32 Å². The van der Waals surface area contributed by atoms with Crippen LogP contribution in [0.4, 0.5) is 4.79 Å². The van der Waals surface area contributed by atoms with E-state index in [-0.39, 0.29) is 6.03 Å². The van der Waals surface area contributed by atoms with E-state index < -0.39 is 0 Å². The van der Waals surface area contributed by atoms with E-state index in [2.05, 4.69) is 17.3 Å². The molecule has 5 nitrogen and oxygen atoms in total. The Balaban J connectivity index is 1.56. The number of urea groups is 1. The third kappa shape index (κ3) is 3.30. The molecule has 1 saturated heterocycles. The van der Waals surface area contributed by atoms with Crippen LogP contribution in [0.15, 0.2) is 42.7 Å². The maximum absolute atomic E-state index is 12.2. The summed E-state index contributed by atoms with van der Waals surface area (Å²) in [5.41, 5.74) is 2.11. The minimum atomic E-state index is 0.0448. The lowest BCUT2D eigenvalue weighted by Crippen LogP contribution is -2.47. The molecule has 0 bridgehead atoms. The molecule has 1 aromatic heterocycles. The highest BCUT2D eigenvalue weighted by atomic mass is 16.2. The first-order valence-electron chi connectivity index (χ1n) is 7.87. The maximum Gasteiger partial charge on any atom is 0.317 e. The Bertz CT molecular complexity index is 606. The van der Waals surface area contributed by atoms with Gasteiger partial charge in [-0.15, -0.1) is 0 Å². The molecule has 3 rings (SSSR count). The second-order valence-corrected chi connectivity index (χ2v) is 5.81. The van der Waals surface area contributed by atoms with Crippen molar-refractivity contribution in [2.45, 2.75) is 38.8 Å². The summed E-state index contributed by atoms with van der Waals surface area (Å²) in [6.07, 6.45) is 7.10. The van der Waals surface area contributed by atoms with Crippen LogP contribution in [0.3, 0.4) is 0 Å². The first-order valence-corrected chi connectivity index (χ1v) is 7.87. The summed E-state index contributed by atoms with van der Waals surface area (Å²) in [7, 11) is 0. The van der Waals surface area contributed by atoms with Crippen LogP contribution in [-0.2, 0) is 6.54 Å². The zero-order valence-corrected chi connectivity index (χ0v) is 12.9. The normalized spacial score (nSPS) is 18.2. The lowest BCUT2D eigenvalue weighted by molar-refractivity contribution is 0.158. The van der Waals surface area contributed by atoms with Crippen molar-refractivity contribution in [2.75, 3.05) is 6.54 Å². The Morgan fingerprint density at radius 3 is 2.82 bits per heavy atom. The van der Waals surface area contributed by atoms with Crippen molar-refractivity contribution >= 4 is 6.03 Å². The first kappa shape index (κ1) is 14.6. The van der Waals surface area contributed by atoms with Gasteiger partial charge in [0.05, 0.1) is 5.69 Å². The van der Waals surface area contributed by atoms with Crippen molar-refractivity contribution in [1.82, 2.24) is 20.0 Å². The van der Waals surface area contributed by atoms with Crippen molar-refractivity contribution in [3.05, 3.63) is 48.3 Å². The summed E-state index contributed by atoms with van der Waals surface area (Å²) in [5.74, 6) is 0. The predicted molar refractivity (Wildman–Crippen MR) is 85.8 cm³/mol. The molecular weight excluding hydrogens is 276 g/mol. The molecule has 1 unspecified atom stereocenters. The fourth-order valence-electron chi connectivity index (χ4n) is 2.87. The number of nitrogens with one attached hydrogen (secondary N) is 1. The Labute approximate surface area is 130 Å². The lowest BCUT2D eigenvalue weighted by Gasteiger charge is -2.33. The maximum atomic E-state index is 12.2. The molecule has 0 spiro atoms. The first-order chi connectivity index (χ1) is 10.7. The van der Waals surface area contributed by atoms with E-state index in [0.29, 0.717) is 12.6 Å². The van der Waals surface area contributed by atoms with Gasteiger partial charge in [-0.1, -0.05) is 12.1 Å². The standard InChI is InChI=1S/C17H22N4O/c1-14-5-2-3-11-20(14)17(22)18-13-15-6-8-16(9-7-15)21-12-4-10-19-21/h4,6-10,12,14H,2-3,5,11,13H2,1H3,(H,18,22). The van der Waals surface area contributed by atoms with Crippen LogP contribution in [-0.4, -0.2) is 33.3 Å². The quantitative estimate of drug-likeness (QED) is 0.947. The smallest absolute Gasteiger partial charge is 0.317 e. The number of carbonyl (C=O) groups is 1. The zero-order chi connectivity index (χ0) is 15.4. The van der Waals surface area contributed by atoms with Gasteiger partial charge in [-0.2, -0.15) is 5.10 Å². The van der Waals surface area contributed by atoms with Gasteiger partial charge < -0.3 is 10.2 Å². The largest absolute Gasteiger partial charge is 0.334 e. The second kappa shape index (κ2) is 6.64. The van der Waals surface area contributed by atoms with Crippen LogP contribution in [0.1, 0.15) is 31.7 Å². The molecule has 0 saturated carbocycles. The Kier molecular flexibility index (Phi) is 4.42. The van der Waals surface area contributed by atoms with Crippen LogP contribution in [0, 0.1) is 0 Å². The van der Waals surface area contributed by atoms with Gasteiger partial charge in [-0.05, 0) is 49.9 Å². The van der Waals surface area contributed by atoms with E-state index in [1.807, 2.05) is 46.1 Å². The molecule has 1 aromatic carbocycles. The minimum absolute atomic E-state index is 0.0448. The molecule has 1 N–H and O–H groups in total. The van der Waals surface area contributed by atoms with Gasteiger partial charge in [0, 0.05) is 31.5 Å². The van der Waals surface area contributed by atoms with E-state index in [1.54, 1.807) is 6.20 Å². The molecule has 2 heterocycles. The molecule has 2 aromatic rings. The van der Waals surface area contributed by atoms with Crippen molar-refractivity contribution in [3.8, 4) is 5.69 Å². The zero-order valence-electron chi connectivity index (χ0n) is 12.9. The molecular formula is C17H22N4O. The molecule has 0 aliphatic carbocycles. The number of hydrogen-bond donors (Lipinski definition) is 1. The van der Waals surface area contributed by atoms with Crippen LogP contribution in [0.25, 0.3) is 5.69 Å². The fourth-order valence-corrected chi connectivity index (χ4v) is 2.87. The highest BCUT2D eigenvalue weighted by Crippen LogP contribution is 2.16. The highest BCUT2D eigenvalue weighted by molar-refractivity contribution is 5.74. The van der Waals surface area contributed by atoms with Crippen LogP contribution in [0.2, 0.25) is 0 Å². The number of piperidine rings is 1. The van der Waals surface area contributed by atoms with Crippen molar-refractivity contribution in [1.29, 1.82) is 0 Å². The van der Waals surface area contributed by atoms with E-state index in [9.17, 15) is 4.79 Å². The number of aromatic nitrogens is 2. The van der Waals surface area contributed by atoms with E-state index >= 15 is 0 Å². The van der Waals surface area contributed by atoms with Gasteiger partial charge in [-0.25, -0.2) is 9.48 Å². The monoisotopic (exact) mass is 298 g/mol. The fraction of sp³-hybridized carbons (Fsp3) is 0.412. The third-order valence-corrected chi connectivity index (χ3v) is 4.21. The summed E-state index contributed by atoms with van der Waals surface area (Å²) in [6, 6.07) is 10.4. The molecule has 116 valence electrons. The number of rotatable bonds is 3. The van der Waals surface area contributed by atoms with Crippen molar-refractivity contribution in [2.24, 2.45) is 0 Å². The Morgan fingerprint density at radius 2 is 2.14 bits per heavy atom. The summed E-state index contributed by atoms with van der Waals surface area (Å²) in [4.78, 5) is 14.2. The average Bonchev–Trinajstić information content (AvgIpc) is 3.08. The summed E-state index contributed by atoms with van der Waals surface area (Å²) in [5, 5.41) is 7.22. The number of benzene rings is 1. The molecule has 22 heavy (non-hydrogen) atoms. The predicted octanol–water partition coefficient (Wildman–Crippen LogP) is 2.96. The van der Waals surface area contributed by atoms with E-state index in [1.165, 1.54) is 6.42 Å². The molecule has 1 aliphatic heterocycles. The van der Waals surface area contributed by atoms with Crippen LogP contribution >= 0.6 is 0 Å². The van der Waals surface area contributed by atoms with Gasteiger partial charge in [-0.3, -0.25) is 0 Å². The van der Waals surface area contributed by atoms with Crippen molar-refractivity contribution < 1.29 is 4.79 Å². The number of hydrogen-bond acceptors (Lipinski definition) is 2. The number of carbonyl (C=O) groups excluding carboxylic acids is 1. The summed E-state index contributed by atoms with van der Waals surface area (Å²) in [6.45, 7) is 3.55. The lowest BCUT2D eigenvalue weighted by atomic mass is 10.0. The number of amides is 2. The van der Waals surface area contributed by atoms with E-state index in [4.69, 9.17) is 0 Å². The van der Waals surface area contributed by atoms with E-state index in [0.717, 1.165) is 30.6 Å². The topological polar surface area (TPSA) is 50.2 Å².